The third kappa shape index (κ3) is 3.26. The van der Waals surface area contributed by atoms with E-state index in [1.165, 1.54) is 12.3 Å². The first-order valence-electron chi connectivity index (χ1n) is 4.99. The van der Waals surface area contributed by atoms with Gasteiger partial charge in [-0.15, -0.1) is 0 Å². The van der Waals surface area contributed by atoms with Crippen LogP contribution in [0.15, 0.2) is 39.9 Å². The lowest BCUT2D eigenvalue weighted by atomic mass is 10.2. The van der Waals surface area contributed by atoms with Crippen molar-refractivity contribution < 1.29 is 4.39 Å². The van der Waals surface area contributed by atoms with Crippen LogP contribution in [0.3, 0.4) is 0 Å². The molecule has 2 aromatic rings. The number of aromatic nitrogens is 1. The Bertz CT molecular complexity index is 641. The van der Waals surface area contributed by atoms with Crippen LogP contribution in [0.5, 0.6) is 0 Å². The fraction of sp³-hybridized carbons (Fsp3) is 0. The normalized spacial score (nSPS) is 11.7. The zero-order valence-corrected chi connectivity index (χ0v) is 13.0. The smallest absolute Gasteiger partial charge is 0.186 e. The Morgan fingerprint density at radius 1 is 1.26 bits per heavy atom. The van der Waals surface area contributed by atoms with Crippen LogP contribution in [0.25, 0.3) is 0 Å². The Kier molecular flexibility index (Phi) is 4.79. The lowest BCUT2D eigenvalue weighted by Gasteiger charge is -2.05. The van der Waals surface area contributed by atoms with E-state index in [1.54, 1.807) is 18.2 Å². The quantitative estimate of drug-likeness (QED) is 0.490. The average Bonchev–Trinajstić information content (AvgIpc) is 2.35. The fourth-order valence-corrected chi connectivity index (χ4v) is 2.89. The minimum atomic E-state index is -0.731. The van der Waals surface area contributed by atoms with Crippen molar-refractivity contribution in [3.05, 3.63) is 56.5 Å². The van der Waals surface area contributed by atoms with Crippen LogP contribution in [0.2, 0.25) is 10.2 Å². The van der Waals surface area contributed by atoms with Gasteiger partial charge in [0.05, 0.1) is 5.02 Å². The minimum absolute atomic E-state index is 0.00294. The number of pyridine rings is 1. The summed E-state index contributed by atoms with van der Waals surface area (Å²) in [6.45, 7) is 0. The predicted molar refractivity (Wildman–Crippen MR) is 80.4 cm³/mol. The Labute approximate surface area is 132 Å². The molecule has 0 radical (unpaired) electrons. The second-order valence-corrected chi connectivity index (χ2v) is 5.41. The van der Waals surface area contributed by atoms with Gasteiger partial charge < -0.3 is 0 Å². The molecule has 2 rings (SSSR count). The Morgan fingerprint density at radius 2 is 2.00 bits per heavy atom. The summed E-state index contributed by atoms with van der Waals surface area (Å²) in [6.07, 6.45) is 1.34. The van der Waals surface area contributed by atoms with E-state index in [-0.39, 0.29) is 16.0 Å². The van der Waals surface area contributed by atoms with Gasteiger partial charge in [-0.3, -0.25) is 0 Å². The van der Waals surface area contributed by atoms with Gasteiger partial charge in [0.1, 0.15) is 10.9 Å². The first-order chi connectivity index (χ1) is 9.00. The lowest BCUT2D eigenvalue weighted by molar-refractivity contribution is 0.624. The maximum absolute atomic E-state index is 13.7. The number of nitrogens with zero attached hydrogens (tertiary/aromatic N) is 2. The highest BCUT2D eigenvalue weighted by Gasteiger charge is 2.12. The number of benzene rings is 1. The van der Waals surface area contributed by atoms with E-state index in [1.807, 2.05) is 0 Å². The SMILES string of the molecule is Fc1c(/N=C(\Cl)c2c(Cl)cccc2Br)ccnc1Cl. The van der Waals surface area contributed by atoms with Gasteiger partial charge >= 0.3 is 0 Å². The molecule has 0 fully saturated rings. The van der Waals surface area contributed by atoms with Crippen molar-refractivity contribution in [1.82, 2.24) is 4.98 Å². The lowest BCUT2D eigenvalue weighted by Crippen LogP contribution is -1.95. The highest BCUT2D eigenvalue weighted by atomic mass is 79.9. The van der Waals surface area contributed by atoms with E-state index in [2.05, 4.69) is 25.9 Å². The van der Waals surface area contributed by atoms with Crippen molar-refractivity contribution in [2.45, 2.75) is 0 Å². The van der Waals surface area contributed by atoms with E-state index in [9.17, 15) is 4.39 Å². The summed E-state index contributed by atoms with van der Waals surface area (Å²) in [5.41, 5.74) is 0.481. The Morgan fingerprint density at radius 3 is 2.68 bits per heavy atom. The summed E-state index contributed by atoms with van der Waals surface area (Å²) >= 11 is 21.0. The summed E-state index contributed by atoms with van der Waals surface area (Å²) in [5.74, 6) is -0.731. The first-order valence-corrected chi connectivity index (χ1v) is 6.92. The Hall–Kier alpha value is -0.680. The molecular weight excluding hydrogens is 377 g/mol. The van der Waals surface area contributed by atoms with Gasteiger partial charge in [0.2, 0.25) is 0 Å². The largest absolute Gasteiger partial charge is 0.241 e. The van der Waals surface area contributed by atoms with Crippen molar-refractivity contribution in [3.8, 4) is 0 Å². The molecule has 0 saturated heterocycles. The van der Waals surface area contributed by atoms with Crippen LogP contribution in [-0.4, -0.2) is 10.2 Å². The molecule has 2 nitrogen and oxygen atoms in total. The topological polar surface area (TPSA) is 25.2 Å². The molecule has 0 bridgehead atoms. The molecule has 0 saturated carbocycles. The molecule has 1 heterocycles. The van der Waals surface area contributed by atoms with Crippen molar-refractivity contribution in [1.29, 1.82) is 0 Å². The summed E-state index contributed by atoms with van der Waals surface area (Å²) in [7, 11) is 0. The monoisotopic (exact) mass is 380 g/mol. The zero-order valence-electron chi connectivity index (χ0n) is 9.17. The van der Waals surface area contributed by atoms with Crippen LogP contribution in [-0.2, 0) is 0 Å². The van der Waals surface area contributed by atoms with Crippen molar-refractivity contribution in [3.63, 3.8) is 0 Å². The molecule has 98 valence electrons. The number of aliphatic imine (C=N–C) groups is 1. The molecular formula is C12H5BrCl3FN2. The van der Waals surface area contributed by atoms with Crippen LogP contribution in [0.1, 0.15) is 5.56 Å². The zero-order chi connectivity index (χ0) is 14.0. The Balaban J connectivity index is 2.52. The fourth-order valence-electron chi connectivity index (χ4n) is 1.35. The van der Waals surface area contributed by atoms with Crippen LogP contribution in [0, 0.1) is 5.82 Å². The van der Waals surface area contributed by atoms with Gasteiger partial charge in [0.15, 0.2) is 11.0 Å². The summed E-state index contributed by atoms with van der Waals surface area (Å²) in [5, 5.41) is 0.200. The minimum Gasteiger partial charge on any atom is -0.241 e. The molecule has 1 aromatic heterocycles. The standard InChI is InChI=1S/C12H5BrCl3FN2/c13-6-2-1-3-7(14)9(6)11(15)19-8-4-5-18-12(16)10(8)17/h1-5H/b19-11-. The van der Waals surface area contributed by atoms with E-state index in [0.717, 1.165) is 0 Å². The van der Waals surface area contributed by atoms with E-state index >= 15 is 0 Å². The van der Waals surface area contributed by atoms with Gasteiger partial charge in [-0.1, -0.05) is 56.8 Å². The summed E-state index contributed by atoms with van der Waals surface area (Å²) < 4.78 is 14.3. The van der Waals surface area contributed by atoms with Gasteiger partial charge in [0.25, 0.3) is 0 Å². The van der Waals surface area contributed by atoms with E-state index in [4.69, 9.17) is 34.8 Å². The highest BCUT2D eigenvalue weighted by Crippen LogP contribution is 2.29. The number of halogens is 5. The molecule has 0 atom stereocenters. The molecule has 0 aliphatic rings. The van der Waals surface area contributed by atoms with E-state index in [0.29, 0.717) is 15.1 Å². The molecule has 0 N–H and O–H groups in total. The first kappa shape index (κ1) is 14.7. The van der Waals surface area contributed by atoms with Crippen molar-refractivity contribution in [2.75, 3.05) is 0 Å². The van der Waals surface area contributed by atoms with Crippen molar-refractivity contribution in [2.24, 2.45) is 4.99 Å². The second-order valence-electron chi connectivity index (χ2n) is 3.43. The molecule has 7 heteroatoms. The maximum Gasteiger partial charge on any atom is 0.186 e. The third-order valence-electron chi connectivity index (χ3n) is 2.21. The molecule has 1 aromatic carbocycles. The maximum atomic E-state index is 13.7. The average molecular weight is 382 g/mol. The number of hydrogen-bond acceptors (Lipinski definition) is 2. The highest BCUT2D eigenvalue weighted by molar-refractivity contribution is 9.10. The molecule has 0 unspecified atom stereocenters. The van der Waals surface area contributed by atoms with Crippen LogP contribution >= 0.6 is 50.7 Å². The van der Waals surface area contributed by atoms with Crippen molar-refractivity contribution >= 4 is 61.6 Å². The van der Waals surface area contributed by atoms with E-state index < -0.39 is 5.82 Å². The molecule has 0 aliphatic heterocycles. The molecule has 19 heavy (non-hydrogen) atoms. The van der Waals surface area contributed by atoms with Crippen LogP contribution in [0.4, 0.5) is 10.1 Å². The van der Waals surface area contributed by atoms with Gasteiger partial charge in [-0.2, -0.15) is 0 Å². The second kappa shape index (κ2) is 6.18. The predicted octanol–water partition coefficient (Wildman–Crippen LogP) is 5.61. The molecule has 0 spiro atoms. The molecule has 0 aliphatic carbocycles. The number of hydrogen-bond donors (Lipinski definition) is 0. The van der Waals surface area contributed by atoms with Gasteiger partial charge in [0, 0.05) is 16.2 Å². The number of rotatable bonds is 2. The van der Waals surface area contributed by atoms with Gasteiger partial charge in [-0.05, 0) is 18.2 Å². The van der Waals surface area contributed by atoms with Gasteiger partial charge in [-0.25, -0.2) is 14.4 Å². The summed E-state index contributed by atoms with van der Waals surface area (Å²) in [4.78, 5) is 7.58. The summed E-state index contributed by atoms with van der Waals surface area (Å²) in [6, 6.07) is 6.54. The third-order valence-corrected chi connectivity index (χ3v) is 3.73. The van der Waals surface area contributed by atoms with Crippen LogP contribution < -0.4 is 0 Å². The molecule has 0 amide bonds.